The standard InChI is InChI=1S/C12H12N2O3S/c13-11-7-9(3-6-12(11)15)8-1-4-10(5-2-8)18(14,16)17/h1-7,15H,13H2,(H2,14,16,17). The summed E-state index contributed by atoms with van der Waals surface area (Å²) < 4.78 is 22.2. The van der Waals surface area contributed by atoms with Gasteiger partial charge in [-0.15, -0.1) is 0 Å². The van der Waals surface area contributed by atoms with Gasteiger partial charge in [-0.2, -0.15) is 0 Å². The maximum atomic E-state index is 11.1. The molecule has 0 unspecified atom stereocenters. The zero-order valence-electron chi connectivity index (χ0n) is 9.37. The van der Waals surface area contributed by atoms with Crippen molar-refractivity contribution in [1.29, 1.82) is 0 Å². The highest BCUT2D eigenvalue weighted by Gasteiger charge is 2.08. The van der Waals surface area contributed by atoms with Gasteiger partial charge < -0.3 is 10.8 Å². The van der Waals surface area contributed by atoms with Crippen molar-refractivity contribution in [1.82, 2.24) is 0 Å². The van der Waals surface area contributed by atoms with Crippen molar-refractivity contribution < 1.29 is 13.5 Å². The molecule has 0 fully saturated rings. The number of anilines is 1. The van der Waals surface area contributed by atoms with Gasteiger partial charge in [0.05, 0.1) is 10.6 Å². The number of hydrogen-bond donors (Lipinski definition) is 3. The second-order valence-corrected chi connectivity index (χ2v) is 5.40. The minimum Gasteiger partial charge on any atom is -0.506 e. The number of benzene rings is 2. The minimum absolute atomic E-state index is 0.0138. The number of nitrogens with two attached hydrogens (primary N) is 2. The SMILES string of the molecule is Nc1cc(-c2ccc(S(N)(=O)=O)cc2)ccc1O. The van der Waals surface area contributed by atoms with Crippen molar-refractivity contribution in [3.05, 3.63) is 42.5 Å². The van der Waals surface area contributed by atoms with Crippen LogP contribution in [0.5, 0.6) is 5.75 Å². The van der Waals surface area contributed by atoms with Crippen molar-refractivity contribution in [3.8, 4) is 16.9 Å². The largest absolute Gasteiger partial charge is 0.506 e. The molecule has 2 aromatic carbocycles. The molecule has 94 valence electrons. The van der Waals surface area contributed by atoms with Crippen LogP contribution in [0.4, 0.5) is 5.69 Å². The number of rotatable bonds is 2. The van der Waals surface area contributed by atoms with E-state index < -0.39 is 10.0 Å². The van der Waals surface area contributed by atoms with E-state index in [0.29, 0.717) is 0 Å². The first-order valence-corrected chi connectivity index (χ1v) is 6.64. The summed E-state index contributed by atoms with van der Waals surface area (Å²) in [6.07, 6.45) is 0. The number of phenols is 1. The molecule has 0 spiro atoms. The van der Waals surface area contributed by atoms with Crippen LogP contribution in [0.3, 0.4) is 0 Å². The topological polar surface area (TPSA) is 106 Å². The lowest BCUT2D eigenvalue weighted by molar-refractivity contribution is 0.478. The van der Waals surface area contributed by atoms with Gasteiger partial charge in [-0.05, 0) is 35.4 Å². The van der Waals surface area contributed by atoms with E-state index in [-0.39, 0.29) is 16.3 Å². The van der Waals surface area contributed by atoms with Gasteiger partial charge in [0.15, 0.2) is 0 Å². The smallest absolute Gasteiger partial charge is 0.238 e. The highest BCUT2D eigenvalue weighted by atomic mass is 32.2. The highest BCUT2D eigenvalue weighted by Crippen LogP contribution is 2.27. The van der Waals surface area contributed by atoms with Crippen molar-refractivity contribution in [2.24, 2.45) is 5.14 Å². The maximum Gasteiger partial charge on any atom is 0.238 e. The molecule has 0 amide bonds. The van der Waals surface area contributed by atoms with Crippen LogP contribution in [-0.4, -0.2) is 13.5 Å². The fourth-order valence-electron chi connectivity index (χ4n) is 1.57. The van der Waals surface area contributed by atoms with Gasteiger partial charge in [0.1, 0.15) is 5.75 Å². The van der Waals surface area contributed by atoms with E-state index in [2.05, 4.69) is 0 Å². The molecule has 0 atom stereocenters. The molecule has 0 aliphatic rings. The summed E-state index contributed by atoms with van der Waals surface area (Å²) >= 11 is 0. The molecule has 2 rings (SSSR count). The molecule has 0 saturated heterocycles. The third-order valence-corrected chi connectivity index (χ3v) is 3.47. The van der Waals surface area contributed by atoms with Gasteiger partial charge in [-0.25, -0.2) is 13.6 Å². The van der Waals surface area contributed by atoms with Crippen LogP contribution in [0.1, 0.15) is 0 Å². The summed E-state index contributed by atoms with van der Waals surface area (Å²) in [7, 11) is -3.68. The van der Waals surface area contributed by atoms with Crippen LogP contribution in [0.25, 0.3) is 11.1 Å². The van der Waals surface area contributed by atoms with Crippen molar-refractivity contribution in [2.45, 2.75) is 4.90 Å². The summed E-state index contributed by atoms with van der Waals surface area (Å²) in [6, 6.07) is 10.9. The van der Waals surface area contributed by atoms with Crippen molar-refractivity contribution >= 4 is 15.7 Å². The Hall–Kier alpha value is -2.05. The summed E-state index contributed by atoms with van der Waals surface area (Å²) in [4.78, 5) is 0.0537. The number of phenolic OH excluding ortho intramolecular Hbond substituents is 1. The average Bonchev–Trinajstić information content (AvgIpc) is 2.32. The zero-order valence-corrected chi connectivity index (χ0v) is 10.2. The molecule has 18 heavy (non-hydrogen) atoms. The van der Waals surface area contributed by atoms with E-state index in [4.69, 9.17) is 10.9 Å². The molecule has 2 aromatic rings. The monoisotopic (exact) mass is 264 g/mol. The van der Waals surface area contributed by atoms with Gasteiger partial charge in [-0.1, -0.05) is 18.2 Å². The van der Waals surface area contributed by atoms with E-state index in [1.807, 2.05) is 0 Å². The predicted molar refractivity (Wildman–Crippen MR) is 69.3 cm³/mol. The second-order valence-electron chi connectivity index (χ2n) is 3.84. The van der Waals surface area contributed by atoms with Gasteiger partial charge >= 0.3 is 0 Å². The highest BCUT2D eigenvalue weighted by molar-refractivity contribution is 7.89. The average molecular weight is 264 g/mol. The fourth-order valence-corrected chi connectivity index (χ4v) is 2.09. The molecule has 0 aliphatic heterocycles. The van der Waals surface area contributed by atoms with E-state index in [9.17, 15) is 13.5 Å². The number of hydrogen-bond acceptors (Lipinski definition) is 4. The van der Waals surface area contributed by atoms with E-state index in [1.54, 1.807) is 24.3 Å². The maximum absolute atomic E-state index is 11.1. The Morgan fingerprint density at radius 1 is 0.944 bits per heavy atom. The van der Waals surface area contributed by atoms with Crippen molar-refractivity contribution in [3.63, 3.8) is 0 Å². The molecule has 0 aliphatic carbocycles. The van der Waals surface area contributed by atoms with Gasteiger partial charge in [0.25, 0.3) is 0 Å². The van der Waals surface area contributed by atoms with Gasteiger partial charge in [0.2, 0.25) is 10.0 Å². The number of aromatic hydroxyl groups is 1. The Bertz CT molecular complexity index is 679. The first-order chi connectivity index (χ1) is 8.38. The number of nitrogen functional groups attached to an aromatic ring is 1. The van der Waals surface area contributed by atoms with Gasteiger partial charge in [-0.3, -0.25) is 0 Å². The lowest BCUT2D eigenvalue weighted by Gasteiger charge is -2.05. The molecular weight excluding hydrogens is 252 g/mol. The summed E-state index contributed by atoms with van der Waals surface area (Å²) in [5, 5.41) is 14.3. The molecule has 0 aromatic heterocycles. The normalized spacial score (nSPS) is 11.4. The molecular formula is C12H12N2O3S. The lowest BCUT2D eigenvalue weighted by atomic mass is 10.1. The van der Waals surface area contributed by atoms with E-state index >= 15 is 0 Å². The predicted octanol–water partition coefficient (Wildman–Crippen LogP) is 1.29. The number of sulfonamides is 1. The summed E-state index contributed by atoms with van der Waals surface area (Å²) in [5.74, 6) is 0.0138. The van der Waals surface area contributed by atoms with Crippen LogP contribution in [0.15, 0.2) is 47.4 Å². The quantitative estimate of drug-likeness (QED) is 0.561. The Morgan fingerprint density at radius 3 is 2.00 bits per heavy atom. The van der Waals surface area contributed by atoms with Crippen LogP contribution < -0.4 is 10.9 Å². The Morgan fingerprint density at radius 2 is 1.50 bits per heavy atom. The van der Waals surface area contributed by atoms with Crippen LogP contribution in [0, 0.1) is 0 Å². The number of primary sulfonamides is 1. The lowest BCUT2D eigenvalue weighted by Crippen LogP contribution is -2.11. The summed E-state index contributed by atoms with van der Waals surface area (Å²) in [5.41, 5.74) is 7.43. The van der Waals surface area contributed by atoms with E-state index in [0.717, 1.165) is 11.1 Å². The Kier molecular flexibility index (Phi) is 2.98. The first-order valence-electron chi connectivity index (χ1n) is 5.09. The van der Waals surface area contributed by atoms with Crippen molar-refractivity contribution in [2.75, 3.05) is 5.73 Å². The van der Waals surface area contributed by atoms with Crippen LogP contribution in [0.2, 0.25) is 0 Å². The minimum atomic E-state index is -3.68. The Balaban J connectivity index is 2.43. The molecule has 0 radical (unpaired) electrons. The molecule has 6 heteroatoms. The van der Waals surface area contributed by atoms with E-state index in [1.165, 1.54) is 18.2 Å². The second kappa shape index (κ2) is 4.32. The zero-order chi connectivity index (χ0) is 13.3. The van der Waals surface area contributed by atoms with Crippen LogP contribution >= 0.6 is 0 Å². The first kappa shape index (κ1) is 12.4. The van der Waals surface area contributed by atoms with Crippen LogP contribution in [-0.2, 0) is 10.0 Å². The molecule has 5 N–H and O–H groups in total. The molecule has 0 saturated carbocycles. The Labute approximate surface area is 105 Å². The summed E-state index contributed by atoms with van der Waals surface area (Å²) in [6.45, 7) is 0. The molecule has 5 nitrogen and oxygen atoms in total. The van der Waals surface area contributed by atoms with Gasteiger partial charge in [0, 0.05) is 0 Å². The molecule has 0 bridgehead atoms. The third kappa shape index (κ3) is 2.44. The third-order valence-electron chi connectivity index (χ3n) is 2.54. The molecule has 0 heterocycles. The fraction of sp³-hybridized carbons (Fsp3) is 0.